The second kappa shape index (κ2) is 14.3. The van der Waals surface area contributed by atoms with Gasteiger partial charge in [-0.1, -0.05) is 164 Å². The van der Waals surface area contributed by atoms with Gasteiger partial charge in [-0.25, -0.2) is 0 Å². The van der Waals surface area contributed by atoms with Crippen LogP contribution in [0.15, 0.2) is 210 Å². The van der Waals surface area contributed by atoms with Gasteiger partial charge in [0.2, 0.25) is 0 Å². The molecule has 0 fully saturated rings. The molecule has 15 rings (SSSR count). The molecule has 328 valence electrons. The molecule has 0 amide bonds. The highest BCUT2D eigenvalue weighted by molar-refractivity contribution is 6.39. The number of pyridine rings is 2. The lowest BCUT2D eigenvalue weighted by atomic mass is 9.82. The molecule has 0 spiro atoms. The van der Waals surface area contributed by atoms with Crippen LogP contribution in [0.2, 0.25) is 0 Å². The topological polar surface area (TPSA) is 44.0 Å². The summed E-state index contributed by atoms with van der Waals surface area (Å²) in [5.41, 5.74) is 14.2. The van der Waals surface area contributed by atoms with Crippen molar-refractivity contribution in [1.82, 2.24) is 9.13 Å². The molecular formula is C66H42N2O2. The fourth-order valence-electron chi connectivity index (χ4n) is 12.9. The fourth-order valence-corrected chi connectivity index (χ4v) is 12.9. The summed E-state index contributed by atoms with van der Waals surface area (Å²) in [4.78, 5) is 28.8. The van der Waals surface area contributed by atoms with Crippen LogP contribution in [0.5, 0.6) is 0 Å². The van der Waals surface area contributed by atoms with Crippen molar-refractivity contribution in [3.8, 4) is 44.5 Å². The third-order valence-electron chi connectivity index (χ3n) is 15.8. The summed E-state index contributed by atoms with van der Waals surface area (Å²) in [5, 5.41) is 15.4. The van der Waals surface area contributed by atoms with Crippen LogP contribution in [0.3, 0.4) is 0 Å². The lowest BCUT2D eigenvalue weighted by Crippen LogP contribution is -2.17. The molecule has 4 nitrogen and oxygen atoms in total. The minimum Gasteiger partial charge on any atom is -0.341 e. The number of aryl methyl sites for hydroxylation is 1. The summed E-state index contributed by atoms with van der Waals surface area (Å²) in [6, 6.07) is 71.4. The molecule has 0 bridgehead atoms. The molecule has 0 N–H and O–H groups in total. The molecule has 1 atom stereocenters. The number of para-hydroxylation sites is 2. The van der Waals surface area contributed by atoms with E-state index in [9.17, 15) is 9.59 Å². The normalized spacial score (nSPS) is 12.8. The molecular weight excluding hydrogens is 853 g/mol. The van der Waals surface area contributed by atoms with Gasteiger partial charge in [0.15, 0.2) is 10.9 Å². The Labute approximate surface area is 401 Å². The monoisotopic (exact) mass is 894 g/mol. The fraction of sp³-hybridized carbons (Fsp3) is 0.0606. The number of hydrogen-bond acceptors (Lipinski definition) is 2. The summed E-state index contributed by atoms with van der Waals surface area (Å²) < 4.78 is 4.42. The van der Waals surface area contributed by atoms with Crippen LogP contribution >= 0.6 is 0 Å². The Morgan fingerprint density at radius 2 is 0.857 bits per heavy atom. The van der Waals surface area contributed by atoms with Crippen molar-refractivity contribution in [2.75, 3.05) is 0 Å². The molecule has 4 heteroatoms. The maximum Gasteiger partial charge on any atom is 0.197 e. The summed E-state index contributed by atoms with van der Waals surface area (Å²) in [6.07, 6.45) is 0. The lowest BCUT2D eigenvalue weighted by molar-refractivity contribution is 0.682. The molecule has 0 aliphatic heterocycles. The standard InChI is InChI=1S/C66H42N2O2/c1-3-67-54-25-11-9-21-48(54)65(69)52-36-57-53(35-56(52)67)66(70)49-22-10-12-26-55(49)68(57)37(2)38-27-29-41(30-28-38)60-45-20-8-7-19-44(45)59(40-15-5-4-6-16-40)63-50-33-31-46-42-23-13-17-39-18-14-24-43(58(39)42)47-32-34-51(64(60)63)62(50)61(46)47/h4-37H,3H2,1-2H3. The highest BCUT2D eigenvalue weighted by Crippen LogP contribution is 2.59. The lowest BCUT2D eigenvalue weighted by Gasteiger charge is -2.24. The maximum atomic E-state index is 14.5. The zero-order valence-electron chi connectivity index (χ0n) is 38.5. The number of aromatic nitrogens is 2. The average Bonchev–Trinajstić information content (AvgIpc) is 3.75. The highest BCUT2D eigenvalue weighted by Gasteiger charge is 2.32. The van der Waals surface area contributed by atoms with Gasteiger partial charge in [0.1, 0.15) is 0 Å². The first-order valence-corrected chi connectivity index (χ1v) is 24.4. The molecule has 0 saturated heterocycles. The largest absolute Gasteiger partial charge is 0.341 e. The summed E-state index contributed by atoms with van der Waals surface area (Å²) >= 11 is 0. The van der Waals surface area contributed by atoms with Gasteiger partial charge >= 0.3 is 0 Å². The third kappa shape index (κ3) is 5.09. The number of rotatable bonds is 5. The number of hydrogen-bond donors (Lipinski definition) is 0. The quantitative estimate of drug-likeness (QED) is 0.128. The van der Waals surface area contributed by atoms with E-state index in [1.807, 2.05) is 60.7 Å². The van der Waals surface area contributed by atoms with Crippen molar-refractivity contribution in [2.45, 2.75) is 26.4 Å². The highest BCUT2D eigenvalue weighted by atomic mass is 16.1. The number of fused-ring (bicyclic) bond motifs is 10. The molecule has 1 aliphatic carbocycles. The third-order valence-corrected chi connectivity index (χ3v) is 15.8. The van der Waals surface area contributed by atoms with Crippen LogP contribution in [0.25, 0.3) is 142 Å². The first kappa shape index (κ1) is 39.2. The van der Waals surface area contributed by atoms with E-state index in [0.29, 0.717) is 28.1 Å². The van der Waals surface area contributed by atoms with Crippen LogP contribution in [0.4, 0.5) is 0 Å². The van der Waals surface area contributed by atoms with E-state index in [-0.39, 0.29) is 16.9 Å². The van der Waals surface area contributed by atoms with Crippen molar-refractivity contribution in [3.05, 3.63) is 226 Å². The van der Waals surface area contributed by atoms with E-state index in [0.717, 1.165) is 33.2 Å². The average molecular weight is 895 g/mol. The van der Waals surface area contributed by atoms with Gasteiger partial charge < -0.3 is 9.13 Å². The van der Waals surface area contributed by atoms with E-state index in [2.05, 4.69) is 163 Å². The van der Waals surface area contributed by atoms with Gasteiger partial charge in [-0.15, -0.1) is 0 Å². The van der Waals surface area contributed by atoms with E-state index in [1.54, 1.807) is 0 Å². The summed E-state index contributed by atoms with van der Waals surface area (Å²) in [6.45, 7) is 4.95. The van der Waals surface area contributed by atoms with Gasteiger partial charge in [0.05, 0.1) is 28.1 Å². The van der Waals surface area contributed by atoms with Crippen molar-refractivity contribution in [3.63, 3.8) is 0 Å². The SMILES string of the molecule is CCn1c2ccccc2c(=O)c2cc3c(cc21)c(=O)c1ccccc1n3C(C)c1ccc(-c2c3c(c(-c4ccccc4)c4ccccc24)-c2ccc4c5cccc6cccc(c7ccc-3c2c47)c65)cc1. The van der Waals surface area contributed by atoms with Gasteiger partial charge in [-0.3, -0.25) is 9.59 Å². The van der Waals surface area contributed by atoms with Gasteiger partial charge in [0, 0.05) is 28.1 Å². The van der Waals surface area contributed by atoms with E-state index >= 15 is 0 Å². The Morgan fingerprint density at radius 1 is 0.371 bits per heavy atom. The number of nitrogens with zero attached hydrogens (tertiary/aromatic N) is 2. The first-order valence-electron chi connectivity index (χ1n) is 24.4. The predicted molar refractivity (Wildman–Crippen MR) is 295 cm³/mol. The molecule has 1 aliphatic rings. The van der Waals surface area contributed by atoms with Crippen LogP contribution in [-0.2, 0) is 6.54 Å². The Morgan fingerprint density at radius 3 is 1.47 bits per heavy atom. The second-order valence-electron chi connectivity index (χ2n) is 19.2. The van der Waals surface area contributed by atoms with Crippen LogP contribution in [0, 0.1) is 0 Å². The Bertz CT molecular complexity index is 4680. The molecule has 2 heterocycles. The van der Waals surface area contributed by atoms with Gasteiger partial charge in [-0.2, -0.15) is 0 Å². The predicted octanol–water partition coefficient (Wildman–Crippen LogP) is 16.4. The molecule has 0 saturated carbocycles. The van der Waals surface area contributed by atoms with Crippen molar-refractivity contribution < 1.29 is 0 Å². The van der Waals surface area contributed by atoms with Crippen molar-refractivity contribution in [1.29, 1.82) is 0 Å². The van der Waals surface area contributed by atoms with E-state index in [1.165, 1.54) is 92.8 Å². The molecule has 1 unspecified atom stereocenters. The molecule has 14 aromatic rings. The Balaban J connectivity index is 0.976. The first-order chi connectivity index (χ1) is 34.5. The zero-order valence-corrected chi connectivity index (χ0v) is 38.5. The molecule has 12 aromatic carbocycles. The zero-order chi connectivity index (χ0) is 46.5. The minimum atomic E-state index is -0.191. The van der Waals surface area contributed by atoms with Crippen molar-refractivity contribution in [2.24, 2.45) is 0 Å². The maximum absolute atomic E-state index is 14.5. The van der Waals surface area contributed by atoms with Crippen molar-refractivity contribution >= 4 is 97.5 Å². The second-order valence-corrected chi connectivity index (χ2v) is 19.2. The minimum absolute atomic E-state index is 0.0240. The van der Waals surface area contributed by atoms with Crippen LogP contribution in [-0.4, -0.2) is 9.13 Å². The molecule has 70 heavy (non-hydrogen) atoms. The summed E-state index contributed by atoms with van der Waals surface area (Å²) in [7, 11) is 0. The summed E-state index contributed by atoms with van der Waals surface area (Å²) in [5.74, 6) is 0. The molecule has 0 radical (unpaired) electrons. The van der Waals surface area contributed by atoms with Crippen LogP contribution < -0.4 is 10.9 Å². The van der Waals surface area contributed by atoms with E-state index in [4.69, 9.17) is 0 Å². The number of benzene rings is 12. The van der Waals surface area contributed by atoms with E-state index < -0.39 is 0 Å². The molecule has 2 aromatic heterocycles. The Hall–Kier alpha value is -8.86. The Kier molecular flexibility index (Phi) is 8.02. The smallest absolute Gasteiger partial charge is 0.197 e. The van der Waals surface area contributed by atoms with Gasteiger partial charge in [-0.05, 0) is 154 Å². The van der Waals surface area contributed by atoms with Crippen LogP contribution in [0.1, 0.15) is 25.5 Å². The van der Waals surface area contributed by atoms with Gasteiger partial charge in [0.25, 0.3) is 0 Å².